The topological polar surface area (TPSA) is 84.1 Å². The van der Waals surface area contributed by atoms with Gasteiger partial charge < -0.3 is 24.1 Å². The molecule has 2 spiro atoms. The van der Waals surface area contributed by atoms with E-state index >= 15 is 0 Å². The second-order valence-electron chi connectivity index (χ2n) is 9.91. The molecule has 7 aliphatic rings. The number of esters is 1. The van der Waals surface area contributed by atoms with Crippen LogP contribution in [0.1, 0.15) is 53.9 Å². The van der Waals surface area contributed by atoms with Crippen LogP contribution in [0.4, 0.5) is 0 Å². The minimum Gasteiger partial charge on any atom is -0.458 e. The zero-order chi connectivity index (χ0) is 19.9. The highest BCUT2D eigenvalue weighted by Crippen LogP contribution is 2.82. The molecule has 6 nitrogen and oxygen atoms in total. The number of carbonyl (C=O) groups excluding carboxylic acids is 1. The van der Waals surface area contributed by atoms with Crippen LogP contribution in [0.15, 0.2) is 11.1 Å². The van der Waals surface area contributed by atoms with E-state index in [9.17, 15) is 9.90 Å². The molecular formula is C22H30O6. The van der Waals surface area contributed by atoms with Crippen LogP contribution < -0.4 is 0 Å². The minimum atomic E-state index is -0.654. The van der Waals surface area contributed by atoms with Crippen LogP contribution >= 0.6 is 0 Å². The van der Waals surface area contributed by atoms with Gasteiger partial charge in [0, 0.05) is 11.0 Å². The first-order chi connectivity index (χ1) is 13.3. The molecule has 0 radical (unpaired) electrons. The number of hydrogen-bond acceptors (Lipinski definition) is 6. The number of carbonyl (C=O) groups is 1. The number of rotatable bonds is 1. The van der Waals surface area contributed by atoms with Gasteiger partial charge in [0.05, 0.1) is 6.10 Å². The first-order valence-electron chi connectivity index (χ1n) is 10.9. The van der Waals surface area contributed by atoms with E-state index in [4.69, 9.17) is 18.9 Å². The van der Waals surface area contributed by atoms with Gasteiger partial charge in [0.25, 0.3) is 0 Å². The molecule has 2 saturated carbocycles. The highest BCUT2D eigenvalue weighted by Gasteiger charge is 3.00. The van der Waals surface area contributed by atoms with E-state index in [1.54, 1.807) is 0 Å². The van der Waals surface area contributed by atoms with Crippen molar-refractivity contribution < 1.29 is 28.8 Å². The maximum absolute atomic E-state index is 12.1. The molecule has 28 heavy (non-hydrogen) atoms. The molecule has 0 aromatic carbocycles. The van der Waals surface area contributed by atoms with E-state index in [2.05, 4.69) is 20.8 Å². The number of ether oxygens (including phenoxy) is 4. The molecule has 1 N–H and O–H groups in total. The van der Waals surface area contributed by atoms with Gasteiger partial charge in [-0.15, -0.1) is 0 Å². The monoisotopic (exact) mass is 390 g/mol. The molecule has 7 rings (SSSR count). The minimum absolute atomic E-state index is 0.00808. The van der Waals surface area contributed by atoms with Gasteiger partial charge in [-0.25, -0.2) is 4.79 Å². The van der Waals surface area contributed by atoms with Gasteiger partial charge in [0.1, 0.15) is 36.1 Å². The van der Waals surface area contributed by atoms with Crippen molar-refractivity contribution in [1.82, 2.24) is 0 Å². The lowest BCUT2D eigenvalue weighted by Gasteiger charge is -2.53. The van der Waals surface area contributed by atoms with Crippen LogP contribution in [-0.2, 0) is 23.7 Å². The highest BCUT2D eigenvalue weighted by atomic mass is 16.7. The van der Waals surface area contributed by atoms with Crippen LogP contribution in [0.2, 0.25) is 0 Å². The number of cyclic esters (lactones) is 1. The summed E-state index contributed by atoms with van der Waals surface area (Å²) in [7, 11) is 0. The van der Waals surface area contributed by atoms with Crippen molar-refractivity contribution in [1.29, 1.82) is 0 Å². The maximum Gasteiger partial charge on any atom is 0.334 e. The average Bonchev–Trinajstić information content (AvgIpc) is 3.56. The summed E-state index contributed by atoms with van der Waals surface area (Å²) in [5.74, 6) is 0.297. The van der Waals surface area contributed by atoms with Crippen LogP contribution in [-0.4, -0.2) is 58.9 Å². The van der Waals surface area contributed by atoms with Crippen molar-refractivity contribution in [3.63, 3.8) is 0 Å². The maximum atomic E-state index is 12.1. The normalized spacial score (nSPS) is 58.8. The van der Waals surface area contributed by atoms with Gasteiger partial charge in [-0.1, -0.05) is 34.6 Å². The van der Waals surface area contributed by atoms with Gasteiger partial charge in [-0.2, -0.15) is 0 Å². The zero-order valence-corrected chi connectivity index (χ0v) is 17.3. The van der Waals surface area contributed by atoms with E-state index in [1.807, 2.05) is 13.8 Å². The summed E-state index contributed by atoms with van der Waals surface area (Å²) in [5, 5.41) is 11.4. The molecule has 0 amide bonds. The summed E-state index contributed by atoms with van der Waals surface area (Å²) in [6, 6.07) is 0. The number of epoxide rings is 3. The SMILES string of the molecule is CC.CC(C)[C@]12O[C@H]1[C@@H]1O[C@]13[C@]1(O[C@H]1CC1C4=C(CC[C@@]13C)C(=O)OC4)[C@@H]2O. The second kappa shape index (κ2) is 4.85. The van der Waals surface area contributed by atoms with Crippen LogP contribution in [0, 0.1) is 17.3 Å². The summed E-state index contributed by atoms with van der Waals surface area (Å²) in [6.45, 7) is 10.9. The lowest BCUT2D eigenvalue weighted by molar-refractivity contribution is -0.136. The molecule has 6 heteroatoms. The first-order valence-corrected chi connectivity index (χ1v) is 10.9. The Morgan fingerprint density at radius 2 is 1.89 bits per heavy atom. The molecule has 0 aromatic heterocycles. The molecule has 4 heterocycles. The molecule has 1 unspecified atom stereocenters. The Bertz CT molecular complexity index is 820. The Labute approximate surface area is 165 Å². The van der Waals surface area contributed by atoms with E-state index in [0.717, 1.165) is 30.4 Å². The third kappa shape index (κ3) is 1.48. The predicted molar refractivity (Wildman–Crippen MR) is 98.4 cm³/mol. The molecule has 154 valence electrons. The summed E-state index contributed by atoms with van der Waals surface area (Å²) < 4.78 is 24.3. The van der Waals surface area contributed by atoms with Gasteiger partial charge >= 0.3 is 5.97 Å². The number of aliphatic hydroxyl groups excluding tert-OH is 1. The van der Waals surface area contributed by atoms with E-state index in [-0.39, 0.29) is 41.5 Å². The molecule has 0 bridgehead atoms. The number of hydrogen-bond donors (Lipinski definition) is 1. The zero-order valence-electron chi connectivity index (χ0n) is 17.3. The van der Waals surface area contributed by atoms with Crippen molar-refractivity contribution in [3.05, 3.63) is 11.1 Å². The third-order valence-electron chi connectivity index (χ3n) is 9.10. The van der Waals surface area contributed by atoms with Crippen molar-refractivity contribution >= 4 is 5.97 Å². The van der Waals surface area contributed by atoms with E-state index < -0.39 is 22.9 Å². The summed E-state index contributed by atoms with van der Waals surface area (Å²) in [6.07, 6.45) is 1.71. The van der Waals surface area contributed by atoms with Crippen molar-refractivity contribution in [3.8, 4) is 0 Å². The molecule has 4 aliphatic heterocycles. The molecule has 5 fully saturated rings. The fourth-order valence-electron chi connectivity index (χ4n) is 7.70. The summed E-state index contributed by atoms with van der Waals surface area (Å²) in [5.41, 5.74) is 0.230. The Hall–Kier alpha value is -0.950. The molecule has 3 aliphatic carbocycles. The fraction of sp³-hybridized carbons (Fsp3) is 0.864. The Kier molecular flexibility index (Phi) is 3.10. The fourth-order valence-corrected chi connectivity index (χ4v) is 7.70. The lowest BCUT2D eigenvalue weighted by atomic mass is 9.46. The lowest BCUT2D eigenvalue weighted by Crippen LogP contribution is -2.69. The molecular weight excluding hydrogens is 360 g/mol. The quantitative estimate of drug-likeness (QED) is 0.545. The van der Waals surface area contributed by atoms with Crippen molar-refractivity contribution in [2.75, 3.05) is 6.61 Å². The number of fused-ring (bicyclic) bond motifs is 4. The predicted octanol–water partition coefficient (Wildman–Crippen LogP) is 2.13. The van der Waals surface area contributed by atoms with E-state index in [0.29, 0.717) is 6.61 Å². The van der Waals surface area contributed by atoms with Crippen LogP contribution in [0.25, 0.3) is 0 Å². The van der Waals surface area contributed by atoms with Gasteiger partial charge in [-0.05, 0) is 36.7 Å². The Balaban J connectivity index is 0.000000756. The Morgan fingerprint density at radius 1 is 1.14 bits per heavy atom. The average molecular weight is 390 g/mol. The Morgan fingerprint density at radius 3 is 2.61 bits per heavy atom. The van der Waals surface area contributed by atoms with Gasteiger partial charge in [-0.3, -0.25) is 0 Å². The first kappa shape index (κ1) is 17.9. The molecule has 0 aromatic rings. The van der Waals surface area contributed by atoms with Crippen LogP contribution in [0.3, 0.4) is 0 Å². The van der Waals surface area contributed by atoms with Gasteiger partial charge in [0.15, 0.2) is 5.60 Å². The third-order valence-corrected chi connectivity index (χ3v) is 9.10. The number of aliphatic hydroxyl groups is 1. The van der Waals surface area contributed by atoms with Gasteiger partial charge in [0.2, 0.25) is 0 Å². The smallest absolute Gasteiger partial charge is 0.334 e. The highest BCUT2D eigenvalue weighted by molar-refractivity contribution is 5.92. The summed E-state index contributed by atoms with van der Waals surface area (Å²) >= 11 is 0. The van der Waals surface area contributed by atoms with E-state index in [1.165, 1.54) is 0 Å². The molecule has 3 saturated heterocycles. The standard InChI is InChI=1S/C20H24O6.C2H6/c1-8(2)18-13(25-18)14-20(26-14)17(3)5-4-9-10(7-23-15(9)21)11(17)6-12-19(20,24-12)16(18)22;1-2/h8,11-14,16,22H,4-7H2,1-3H3;1-2H3/t11?,12-,13-,14-,16+,17-,18-,19+,20+;/m0./s1. The largest absolute Gasteiger partial charge is 0.458 e. The second-order valence-corrected chi connectivity index (χ2v) is 9.91. The summed E-state index contributed by atoms with van der Waals surface area (Å²) in [4.78, 5) is 12.1. The molecule has 9 atom stereocenters. The van der Waals surface area contributed by atoms with Crippen LogP contribution in [0.5, 0.6) is 0 Å². The van der Waals surface area contributed by atoms with Crippen molar-refractivity contribution in [2.24, 2.45) is 17.3 Å². The van der Waals surface area contributed by atoms with Crippen molar-refractivity contribution in [2.45, 2.75) is 95.1 Å².